The Hall–Kier alpha value is -0.120. The molecular weight excluding hydrogens is 118 g/mol. The highest BCUT2D eigenvalue weighted by atomic mass is 16.6. The van der Waals surface area contributed by atoms with Crippen molar-refractivity contribution >= 4 is 0 Å². The number of ether oxygens (including phenoxy) is 1. The second-order valence-electron chi connectivity index (χ2n) is 2.85. The highest BCUT2D eigenvalue weighted by molar-refractivity contribution is 4.98. The van der Waals surface area contributed by atoms with Gasteiger partial charge < -0.3 is 9.84 Å². The molecule has 0 aromatic rings. The SMILES string of the molecule is OCC1CCC2(CO2)N1. The third-order valence-electron chi connectivity index (χ3n) is 2.08. The summed E-state index contributed by atoms with van der Waals surface area (Å²) in [5, 5.41) is 11.9. The molecule has 3 nitrogen and oxygen atoms in total. The van der Waals surface area contributed by atoms with Gasteiger partial charge in [0.15, 0.2) is 0 Å². The van der Waals surface area contributed by atoms with Crippen LogP contribution in [0.5, 0.6) is 0 Å². The quantitative estimate of drug-likeness (QED) is 0.467. The van der Waals surface area contributed by atoms with Crippen LogP contribution in [-0.2, 0) is 4.74 Å². The van der Waals surface area contributed by atoms with Crippen molar-refractivity contribution in [3.05, 3.63) is 0 Å². The standard InChI is InChI=1S/C6H11NO2/c8-3-5-1-2-6(7-5)4-9-6/h5,7-8H,1-4H2. The Balaban J connectivity index is 1.93. The van der Waals surface area contributed by atoms with Gasteiger partial charge in [-0.2, -0.15) is 0 Å². The van der Waals surface area contributed by atoms with E-state index in [2.05, 4.69) is 5.32 Å². The van der Waals surface area contributed by atoms with Gasteiger partial charge in [0, 0.05) is 6.04 Å². The predicted octanol–water partition coefficient (Wildman–Crippen LogP) is -0.543. The summed E-state index contributed by atoms with van der Waals surface area (Å²) in [6.07, 6.45) is 2.12. The van der Waals surface area contributed by atoms with Crippen molar-refractivity contribution in [2.45, 2.75) is 24.6 Å². The van der Waals surface area contributed by atoms with Gasteiger partial charge in [0.2, 0.25) is 0 Å². The lowest BCUT2D eigenvalue weighted by atomic mass is 10.2. The second-order valence-corrected chi connectivity index (χ2v) is 2.85. The fraction of sp³-hybridized carbons (Fsp3) is 1.00. The molecule has 2 unspecified atom stereocenters. The lowest BCUT2D eigenvalue weighted by Gasteiger charge is -2.05. The molecule has 0 aliphatic carbocycles. The van der Waals surface area contributed by atoms with E-state index >= 15 is 0 Å². The molecule has 1 spiro atoms. The Morgan fingerprint density at radius 1 is 1.78 bits per heavy atom. The lowest BCUT2D eigenvalue weighted by molar-refractivity contribution is 0.226. The van der Waals surface area contributed by atoms with Crippen molar-refractivity contribution in [2.75, 3.05) is 13.2 Å². The Labute approximate surface area is 54.0 Å². The van der Waals surface area contributed by atoms with Gasteiger partial charge in [0.25, 0.3) is 0 Å². The summed E-state index contributed by atoms with van der Waals surface area (Å²) < 4.78 is 5.17. The van der Waals surface area contributed by atoms with E-state index in [0.717, 1.165) is 19.4 Å². The number of epoxide rings is 1. The molecule has 0 aromatic carbocycles. The van der Waals surface area contributed by atoms with Gasteiger partial charge in [0.1, 0.15) is 5.72 Å². The molecule has 2 N–H and O–H groups in total. The maximum atomic E-state index is 8.71. The minimum Gasteiger partial charge on any atom is -0.395 e. The first-order chi connectivity index (χ1) is 4.35. The third-order valence-corrected chi connectivity index (χ3v) is 2.08. The molecule has 0 radical (unpaired) electrons. The molecule has 52 valence electrons. The molecule has 2 saturated heterocycles. The first-order valence-electron chi connectivity index (χ1n) is 3.37. The summed E-state index contributed by atoms with van der Waals surface area (Å²) in [6.45, 7) is 1.08. The summed E-state index contributed by atoms with van der Waals surface area (Å²) >= 11 is 0. The number of rotatable bonds is 1. The van der Waals surface area contributed by atoms with Crippen molar-refractivity contribution in [2.24, 2.45) is 0 Å². The van der Waals surface area contributed by atoms with Crippen LogP contribution in [0.2, 0.25) is 0 Å². The van der Waals surface area contributed by atoms with Crippen molar-refractivity contribution < 1.29 is 9.84 Å². The number of nitrogens with one attached hydrogen (secondary N) is 1. The zero-order valence-corrected chi connectivity index (χ0v) is 5.26. The molecule has 2 atom stereocenters. The molecule has 2 fully saturated rings. The number of aliphatic hydroxyl groups excluding tert-OH is 1. The van der Waals surface area contributed by atoms with Gasteiger partial charge in [-0.15, -0.1) is 0 Å². The Morgan fingerprint density at radius 3 is 2.89 bits per heavy atom. The average molecular weight is 129 g/mol. The normalized spacial score (nSPS) is 48.3. The van der Waals surface area contributed by atoms with Gasteiger partial charge >= 0.3 is 0 Å². The smallest absolute Gasteiger partial charge is 0.143 e. The molecule has 0 saturated carbocycles. The molecule has 2 heterocycles. The number of hydrogen-bond donors (Lipinski definition) is 2. The van der Waals surface area contributed by atoms with E-state index in [1.54, 1.807) is 0 Å². The second kappa shape index (κ2) is 1.68. The zero-order chi connectivity index (χ0) is 6.32. The maximum Gasteiger partial charge on any atom is 0.143 e. The first-order valence-corrected chi connectivity index (χ1v) is 3.37. The van der Waals surface area contributed by atoms with Crippen molar-refractivity contribution in [1.29, 1.82) is 0 Å². The van der Waals surface area contributed by atoms with E-state index in [4.69, 9.17) is 9.84 Å². The van der Waals surface area contributed by atoms with Crippen LogP contribution in [0, 0.1) is 0 Å². The predicted molar refractivity (Wildman–Crippen MR) is 31.9 cm³/mol. The Bertz CT molecular complexity index is 122. The van der Waals surface area contributed by atoms with Gasteiger partial charge in [-0.1, -0.05) is 0 Å². The van der Waals surface area contributed by atoms with Crippen molar-refractivity contribution in [3.63, 3.8) is 0 Å². The summed E-state index contributed by atoms with van der Waals surface area (Å²) in [7, 11) is 0. The van der Waals surface area contributed by atoms with Gasteiger partial charge in [-0.05, 0) is 12.8 Å². The van der Waals surface area contributed by atoms with Crippen molar-refractivity contribution in [1.82, 2.24) is 5.32 Å². The van der Waals surface area contributed by atoms with Gasteiger partial charge in [-0.25, -0.2) is 0 Å². The van der Waals surface area contributed by atoms with Gasteiger partial charge in [-0.3, -0.25) is 5.32 Å². The van der Waals surface area contributed by atoms with Crippen LogP contribution in [0.4, 0.5) is 0 Å². The Morgan fingerprint density at radius 2 is 2.56 bits per heavy atom. The fourth-order valence-electron chi connectivity index (χ4n) is 1.38. The molecule has 2 aliphatic heterocycles. The maximum absolute atomic E-state index is 8.71. The van der Waals surface area contributed by atoms with Crippen LogP contribution < -0.4 is 5.32 Å². The minimum atomic E-state index is 0.00734. The fourth-order valence-corrected chi connectivity index (χ4v) is 1.38. The lowest BCUT2D eigenvalue weighted by Crippen LogP contribution is -2.34. The first kappa shape index (κ1) is 5.65. The third kappa shape index (κ3) is 0.852. The number of aliphatic hydroxyl groups is 1. The molecule has 3 heteroatoms. The molecule has 9 heavy (non-hydrogen) atoms. The van der Waals surface area contributed by atoms with Crippen molar-refractivity contribution in [3.8, 4) is 0 Å². The molecule has 2 aliphatic rings. The number of hydrogen-bond acceptors (Lipinski definition) is 3. The van der Waals surface area contributed by atoms with Crippen LogP contribution in [0.1, 0.15) is 12.8 Å². The van der Waals surface area contributed by atoms with E-state index in [1.807, 2.05) is 0 Å². The van der Waals surface area contributed by atoms with Gasteiger partial charge in [0.05, 0.1) is 13.2 Å². The topological polar surface area (TPSA) is 44.8 Å². The highest BCUT2D eigenvalue weighted by Gasteiger charge is 2.49. The van der Waals surface area contributed by atoms with E-state index in [-0.39, 0.29) is 18.4 Å². The van der Waals surface area contributed by atoms with E-state index in [0.29, 0.717) is 0 Å². The molecule has 0 aromatic heterocycles. The summed E-state index contributed by atoms with van der Waals surface area (Å²) in [5.74, 6) is 0. The largest absolute Gasteiger partial charge is 0.395 e. The van der Waals surface area contributed by atoms with E-state index < -0.39 is 0 Å². The summed E-state index contributed by atoms with van der Waals surface area (Å²) in [6, 6.07) is 0.285. The van der Waals surface area contributed by atoms with E-state index in [1.165, 1.54) is 0 Å². The monoisotopic (exact) mass is 129 g/mol. The van der Waals surface area contributed by atoms with Crippen LogP contribution >= 0.6 is 0 Å². The van der Waals surface area contributed by atoms with Crippen LogP contribution in [0.25, 0.3) is 0 Å². The van der Waals surface area contributed by atoms with Crippen LogP contribution in [-0.4, -0.2) is 30.1 Å². The molecular formula is C6H11NO2. The highest BCUT2D eigenvalue weighted by Crippen LogP contribution is 2.35. The average Bonchev–Trinajstić information content (AvgIpc) is 2.44. The molecule has 0 amide bonds. The zero-order valence-electron chi connectivity index (χ0n) is 5.26. The molecule has 2 rings (SSSR count). The Kier molecular flexibility index (Phi) is 1.06. The van der Waals surface area contributed by atoms with Crippen LogP contribution in [0.3, 0.4) is 0 Å². The van der Waals surface area contributed by atoms with E-state index in [9.17, 15) is 0 Å². The minimum absolute atomic E-state index is 0.00734. The summed E-state index contributed by atoms with van der Waals surface area (Å²) in [5.41, 5.74) is 0.00734. The van der Waals surface area contributed by atoms with Crippen LogP contribution in [0.15, 0.2) is 0 Å². The molecule has 0 bridgehead atoms. The summed E-state index contributed by atoms with van der Waals surface area (Å²) in [4.78, 5) is 0.